The zero-order valence-electron chi connectivity index (χ0n) is 18.2. The topological polar surface area (TPSA) is 102 Å². The van der Waals surface area contributed by atoms with Gasteiger partial charge in [-0.1, -0.05) is 6.92 Å². The van der Waals surface area contributed by atoms with Crippen LogP contribution in [-0.2, 0) is 22.4 Å². The molecule has 0 aliphatic heterocycles. The summed E-state index contributed by atoms with van der Waals surface area (Å²) in [6.07, 6.45) is 2.79. The number of carbonyl (C=O) groups excluding carboxylic acids is 2. The molecule has 32 heavy (non-hydrogen) atoms. The first kappa shape index (κ1) is 21.9. The van der Waals surface area contributed by atoms with Crippen molar-refractivity contribution in [2.75, 3.05) is 18.5 Å². The minimum atomic E-state index is -0.716. The normalized spacial score (nSPS) is 15.1. The average molecular weight is 453 g/mol. The fourth-order valence-electron chi connectivity index (χ4n) is 3.97. The van der Waals surface area contributed by atoms with Crippen molar-refractivity contribution in [3.05, 3.63) is 45.5 Å². The van der Waals surface area contributed by atoms with Crippen LogP contribution in [0.15, 0.2) is 22.6 Å². The molecule has 0 bridgehead atoms. The fraction of sp³-hybridized carbons (Fsp3) is 0.375. The van der Waals surface area contributed by atoms with Gasteiger partial charge in [-0.15, -0.1) is 11.3 Å². The molecule has 1 amide bonds. The van der Waals surface area contributed by atoms with Crippen LogP contribution in [0.2, 0.25) is 0 Å². The first-order valence-electron chi connectivity index (χ1n) is 10.6. The summed E-state index contributed by atoms with van der Waals surface area (Å²) in [6.45, 7) is 5.90. The molecule has 1 unspecified atom stereocenters. The maximum atomic E-state index is 12.5. The van der Waals surface area contributed by atoms with Gasteiger partial charge in [0.25, 0.3) is 5.91 Å². The van der Waals surface area contributed by atoms with Crippen molar-refractivity contribution in [3.63, 3.8) is 0 Å². The van der Waals surface area contributed by atoms with Gasteiger partial charge >= 0.3 is 5.97 Å². The molecular weight excluding hydrogens is 428 g/mol. The zero-order chi connectivity index (χ0) is 22.8. The van der Waals surface area contributed by atoms with E-state index in [0.29, 0.717) is 40.0 Å². The number of amides is 1. The Morgan fingerprint density at radius 3 is 2.94 bits per heavy atom. The monoisotopic (exact) mass is 452 g/mol. The predicted octanol–water partition coefficient (Wildman–Crippen LogP) is 4.99. The third-order valence-corrected chi connectivity index (χ3v) is 6.78. The number of ether oxygens (including phenoxy) is 2. The van der Waals surface area contributed by atoms with Crippen molar-refractivity contribution < 1.29 is 23.5 Å². The first-order valence-corrected chi connectivity index (χ1v) is 11.4. The molecule has 4 rings (SSSR count). The minimum absolute atomic E-state index is 0.0553. The van der Waals surface area contributed by atoms with Gasteiger partial charge in [-0.2, -0.15) is 5.26 Å². The van der Waals surface area contributed by atoms with Gasteiger partial charge in [0.05, 0.1) is 12.2 Å². The number of fused-ring (bicyclic) bond motifs is 2. The smallest absolute Gasteiger partial charge is 0.375 e. The summed E-state index contributed by atoms with van der Waals surface area (Å²) >= 11 is 1.43. The molecule has 1 aromatic carbocycles. The quantitative estimate of drug-likeness (QED) is 0.529. The van der Waals surface area contributed by atoms with E-state index >= 15 is 0 Å². The molecule has 8 heteroatoms. The summed E-state index contributed by atoms with van der Waals surface area (Å²) in [5, 5.41) is 13.6. The number of aryl methyl sites for hydroxylation is 1. The number of nitrogens with zero attached hydrogens (tertiary/aromatic N) is 1. The molecule has 0 radical (unpaired) electrons. The molecule has 1 aliphatic carbocycles. The van der Waals surface area contributed by atoms with Gasteiger partial charge in [-0.05, 0) is 62.8 Å². The standard InChI is InChI=1S/C24H24N2O5S/c1-4-29-15-6-8-19-17(10-15)14(3)22(31-19)24(28)30-12-21(27)26-23-18(11-25)16-7-5-13(2)9-20(16)32-23/h6,8,10,13H,4-5,7,9,12H2,1-3H3,(H,26,27). The Bertz CT molecular complexity index is 1230. The highest BCUT2D eigenvalue weighted by molar-refractivity contribution is 7.16. The van der Waals surface area contributed by atoms with Crippen molar-refractivity contribution in [2.45, 2.75) is 40.0 Å². The number of nitrogens with one attached hydrogen (secondary N) is 1. The van der Waals surface area contributed by atoms with Gasteiger partial charge < -0.3 is 19.2 Å². The lowest BCUT2D eigenvalue weighted by Crippen LogP contribution is -2.21. The van der Waals surface area contributed by atoms with Crippen LogP contribution in [0.1, 0.15) is 52.4 Å². The van der Waals surface area contributed by atoms with Crippen LogP contribution in [0.4, 0.5) is 5.00 Å². The number of hydrogen-bond donors (Lipinski definition) is 1. The highest BCUT2D eigenvalue weighted by atomic mass is 32.1. The lowest BCUT2D eigenvalue weighted by atomic mass is 9.89. The second-order valence-corrected chi connectivity index (χ2v) is 9.04. The molecule has 3 aromatic rings. The molecule has 7 nitrogen and oxygen atoms in total. The van der Waals surface area contributed by atoms with Crippen LogP contribution < -0.4 is 10.1 Å². The summed E-state index contributed by atoms with van der Waals surface area (Å²) in [5.41, 5.74) is 2.72. The summed E-state index contributed by atoms with van der Waals surface area (Å²) in [4.78, 5) is 26.1. The lowest BCUT2D eigenvalue weighted by molar-refractivity contribution is -0.119. The van der Waals surface area contributed by atoms with E-state index in [1.807, 2.05) is 13.0 Å². The second kappa shape index (κ2) is 9.05. The highest BCUT2D eigenvalue weighted by Gasteiger charge is 2.25. The van der Waals surface area contributed by atoms with Crippen LogP contribution in [0, 0.1) is 24.2 Å². The largest absolute Gasteiger partial charge is 0.494 e. The van der Waals surface area contributed by atoms with Gasteiger partial charge in [0.15, 0.2) is 6.61 Å². The third-order valence-electron chi connectivity index (χ3n) is 5.61. The molecule has 1 atom stereocenters. The summed E-state index contributed by atoms with van der Waals surface area (Å²) in [5.74, 6) is 0.0960. The van der Waals surface area contributed by atoms with E-state index in [1.54, 1.807) is 19.1 Å². The number of carbonyl (C=O) groups is 2. The van der Waals surface area contributed by atoms with E-state index in [9.17, 15) is 14.9 Å². The third kappa shape index (κ3) is 4.21. The first-order chi connectivity index (χ1) is 15.4. The van der Waals surface area contributed by atoms with Crippen LogP contribution in [-0.4, -0.2) is 25.1 Å². The Labute approximate surface area is 189 Å². The summed E-state index contributed by atoms with van der Waals surface area (Å²) < 4.78 is 16.3. The SMILES string of the molecule is CCOc1ccc2oc(C(=O)OCC(=O)Nc3sc4c(c3C#N)CCC(C)C4)c(C)c2c1. The summed E-state index contributed by atoms with van der Waals surface area (Å²) in [6, 6.07) is 7.53. The predicted molar refractivity (Wildman–Crippen MR) is 121 cm³/mol. The van der Waals surface area contributed by atoms with E-state index < -0.39 is 18.5 Å². The van der Waals surface area contributed by atoms with E-state index in [4.69, 9.17) is 13.9 Å². The maximum absolute atomic E-state index is 12.5. The summed E-state index contributed by atoms with van der Waals surface area (Å²) in [7, 11) is 0. The number of furan rings is 1. The number of esters is 1. The molecular formula is C24H24N2O5S. The van der Waals surface area contributed by atoms with Gasteiger partial charge in [0.1, 0.15) is 22.4 Å². The highest BCUT2D eigenvalue weighted by Crippen LogP contribution is 2.39. The molecule has 2 aromatic heterocycles. The zero-order valence-corrected chi connectivity index (χ0v) is 19.1. The van der Waals surface area contributed by atoms with E-state index in [2.05, 4.69) is 18.3 Å². The Balaban J connectivity index is 1.43. The molecule has 1 N–H and O–H groups in total. The Morgan fingerprint density at radius 1 is 1.38 bits per heavy atom. The van der Waals surface area contributed by atoms with Crippen molar-refractivity contribution >= 4 is 39.2 Å². The van der Waals surface area contributed by atoms with Gasteiger partial charge in [-0.3, -0.25) is 4.79 Å². The van der Waals surface area contributed by atoms with E-state index in [0.717, 1.165) is 35.1 Å². The van der Waals surface area contributed by atoms with Crippen LogP contribution in [0.5, 0.6) is 5.75 Å². The molecule has 166 valence electrons. The van der Waals surface area contributed by atoms with Gasteiger partial charge in [0.2, 0.25) is 5.76 Å². The van der Waals surface area contributed by atoms with E-state index in [1.165, 1.54) is 11.3 Å². The van der Waals surface area contributed by atoms with Crippen molar-refractivity contribution in [1.29, 1.82) is 5.26 Å². The van der Waals surface area contributed by atoms with Crippen molar-refractivity contribution in [3.8, 4) is 11.8 Å². The molecule has 0 saturated heterocycles. The van der Waals surface area contributed by atoms with E-state index in [-0.39, 0.29) is 5.76 Å². The Hall–Kier alpha value is -3.31. The molecule has 0 saturated carbocycles. The number of nitriles is 1. The van der Waals surface area contributed by atoms with Crippen molar-refractivity contribution in [1.82, 2.24) is 0 Å². The molecule has 0 spiro atoms. The van der Waals surface area contributed by atoms with Crippen LogP contribution in [0.3, 0.4) is 0 Å². The Kier molecular flexibility index (Phi) is 6.19. The number of anilines is 1. The molecule has 0 fully saturated rings. The second-order valence-electron chi connectivity index (χ2n) is 7.94. The lowest BCUT2D eigenvalue weighted by Gasteiger charge is -2.17. The number of hydrogen-bond acceptors (Lipinski definition) is 7. The van der Waals surface area contributed by atoms with Crippen molar-refractivity contribution in [2.24, 2.45) is 5.92 Å². The van der Waals surface area contributed by atoms with Crippen LogP contribution in [0.25, 0.3) is 11.0 Å². The van der Waals surface area contributed by atoms with Crippen LogP contribution >= 0.6 is 11.3 Å². The Morgan fingerprint density at radius 2 is 2.19 bits per heavy atom. The average Bonchev–Trinajstić information content (AvgIpc) is 3.28. The molecule has 2 heterocycles. The van der Waals surface area contributed by atoms with Gasteiger partial charge in [0, 0.05) is 15.8 Å². The number of rotatable bonds is 6. The van der Waals surface area contributed by atoms with Gasteiger partial charge in [-0.25, -0.2) is 4.79 Å². The fourth-order valence-corrected chi connectivity index (χ4v) is 5.35. The molecule has 1 aliphatic rings. The number of benzene rings is 1. The number of thiophene rings is 1. The maximum Gasteiger partial charge on any atom is 0.375 e. The minimum Gasteiger partial charge on any atom is -0.494 e.